The van der Waals surface area contributed by atoms with Gasteiger partial charge in [-0.1, -0.05) is 13.0 Å². The van der Waals surface area contributed by atoms with Gasteiger partial charge in [0.2, 0.25) is 5.91 Å². The molecule has 2 aliphatic heterocycles. The Kier molecular flexibility index (Phi) is 5.41. The SMILES string of the molecule is CC(=O)N1c2c(cc(N3CCOCC3)[nH]c2=O)C(Nc2cccc(C)n2)[C@@H](C)[C@@H]1C1CC1. The van der Waals surface area contributed by atoms with E-state index in [1.807, 2.05) is 31.2 Å². The molecule has 2 aromatic heterocycles. The van der Waals surface area contributed by atoms with E-state index in [2.05, 4.69) is 27.1 Å². The lowest BCUT2D eigenvalue weighted by atomic mass is 9.80. The van der Waals surface area contributed by atoms with Gasteiger partial charge in [0.15, 0.2) is 0 Å². The molecule has 5 rings (SSSR count). The highest BCUT2D eigenvalue weighted by atomic mass is 16.5. The van der Waals surface area contributed by atoms with Crippen molar-refractivity contribution in [3.8, 4) is 0 Å². The average Bonchev–Trinajstić information content (AvgIpc) is 3.61. The van der Waals surface area contributed by atoms with Crippen LogP contribution in [0.2, 0.25) is 0 Å². The minimum Gasteiger partial charge on any atom is -0.378 e. The minimum absolute atomic E-state index is 0.00218. The van der Waals surface area contributed by atoms with Crippen molar-refractivity contribution < 1.29 is 9.53 Å². The number of aryl methyl sites for hydroxylation is 1. The Bertz CT molecular complexity index is 1070. The van der Waals surface area contributed by atoms with Crippen molar-refractivity contribution in [2.45, 2.75) is 45.7 Å². The molecule has 8 nitrogen and oxygen atoms in total. The van der Waals surface area contributed by atoms with Crippen LogP contribution in [0.15, 0.2) is 29.1 Å². The molecule has 32 heavy (non-hydrogen) atoms. The highest BCUT2D eigenvalue weighted by Crippen LogP contribution is 2.49. The molecule has 1 amide bonds. The van der Waals surface area contributed by atoms with E-state index in [1.165, 1.54) is 0 Å². The molecule has 2 aromatic rings. The van der Waals surface area contributed by atoms with Crippen LogP contribution >= 0.6 is 0 Å². The number of hydrogen-bond donors (Lipinski definition) is 2. The molecule has 0 radical (unpaired) electrons. The van der Waals surface area contributed by atoms with Gasteiger partial charge >= 0.3 is 0 Å². The van der Waals surface area contributed by atoms with E-state index in [9.17, 15) is 9.59 Å². The third kappa shape index (κ3) is 3.77. The molecule has 1 unspecified atom stereocenters. The van der Waals surface area contributed by atoms with Crippen LogP contribution in [0.3, 0.4) is 0 Å². The molecule has 1 saturated carbocycles. The normalized spacial score (nSPS) is 25.4. The van der Waals surface area contributed by atoms with Crippen LogP contribution in [-0.2, 0) is 9.53 Å². The fourth-order valence-corrected chi connectivity index (χ4v) is 5.32. The highest BCUT2D eigenvalue weighted by Gasteiger charge is 2.48. The lowest BCUT2D eigenvalue weighted by Crippen LogP contribution is -2.53. The van der Waals surface area contributed by atoms with Gasteiger partial charge in [-0.25, -0.2) is 4.98 Å². The summed E-state index contributed by atoms with van der Waals surface area (Å²) in [5.41, 5.74) is 2.07. The Balaban J connectivity index is 1.64. The largest absolute Gasteiger partial charge is 0.378 e. The van der Waals surface area contributed by atoms with E-state index in [4.69, 9.17) is 4.74 Å². The van der Waals surface area contributed by atoms with Crippen molar-refractivity contribution in [2.75, 3.05) is 41.4 Å². The summed E-state index contributed by atoms with van der Waals surface area (Å²) in [7, 11) is 0. The number of nitrogens with one attached hydrogen (secondary N) is 2. The first kappa shape index (κ1) is 21.0. The van der Waals surface area contributed by atoms with Crippen LogP contribution in [0.1, 0.15) is 44.0 Å². The summed E-state index contributed by atoms with van der Waals surface area (Å²) in [4.78, 5) is 37.9. The molecule has 2 fully saturated rings. The van der Waals surface area contributed by atoms with Crippen molar-refractivity contribution in [3.05, 3.63) is 45.9 Å². The molecule has 170 valence electrons. The number of H-pyrrole nitrogens is 1. The van der Waals surface area contributed by atoms with Crippen LogP contribution < -0.4 is 20.7 Å². The summed E-state index contributed by atoms with van der Waals surface area (Å²) in [6.07, 6.45) is 2.18. The molecule has 1 aliphatic carbocycles. The Morgan fingerprint density at radius 3 is 2.66 bits per heavy atom. The number of amides is 1. The second kappa shape index (κ2) is 8.24. The zero-order chi connectivity index (χ0) is 22.4. The summed E-state index contributed by atoms with van der Waals surface area (Å²) in [6, 6.07) is 7.83. The number of ether oxygens (including phenoxy) is 1. The molecule has 4 heterocycles. The monoisotopic (exact) mass is 437 g/mol. The number of carbonyl (C=O) groups excluding carboxylic acids is 1. The maximum Gasteiger partial charge on any atom is 0.273 e. The number of nitrogens with zero attached hydrogens (tertiary/aromatic N) is 3. The first-order chi connectivity index (χ1) is 15.4. The van der Waals surface area contributed by atoms with Crippen LogP contribution in [0.25, 0.3) is 0 Å². The first-order valence-corrected chi connectivity index (χ1v) is 11.5. The van der Waals surface area contributed by atoms with Crippen LogP contribution in [-0.4, -0.2) is 48.2 Å². The Labute approximate surface area is 188 Å². The zero-order valence-corrected chi connectivity index (χ0v) is 18.9. The van der Waals surface area contributed by atoms with E-state index in [0.29, 0.717) is 24.8 Å². The Morgan fingerprint density at radius 2 is 2.00 bits per heavy atom. The van der Waals surface area contributed by atoms with Gasteiger partial charge in [0, 0.05) is 43.2 Å². The third-order valence-electron chi connectivity index (χ3n) is 6.95. The smallest absolute Gasteiger partial charge is 0.273 e. The lowest BCUT2D eigenvalue weighted by Gasteiger charge is -2.45. The van der Waals surface area contributed by atoms with E-state index in [0.717, 1.165) is 48.8 Å². The number of hydrogen-bond acceptors (Lipinski definition) is 6. The molecule has 1 saturated heterocycles. The number of fused-ring (bicyclic) bond motifs is 1. The number of pyridine rings is 2. The van der Waals surface area contributed by atoms with Gasteiger partial charge in [-0.3, -0.25) is 9.59 Å². The summed E-state index contributed by atoms with van der Waals surface area (Å²) in [5.74, 6) is 2.04. The second-order valence-corrected chi connectivity index (χ2v) is 9.25. The molecule has 3 aliphatic rings. The van der Waals surface area contributed by atoms with Gasteiger partial charge in [-0.2, -0.15) is 0 Å². The van der Waals surface area contributed by atoms with Crippen molar-refractivity contribution in [1.29, 1.82) is 0 Å². The van der Waals surface area contributed by atoms with Gasteiger partial charge in [0.25, 0.3) is 5.56 Å². The van der Waals surface area contributed by atoms with E-state index in [1.54, 1.807) is 11.8 Å². The van der Waals surface area contributed by atoms with Crippen LogP contribution in [0.4, 0.5) is 17.3 Å². The van der Waals surface area contributed by atoms with Crippen molar-refractivity contribution in [2.24, 2.45) is 11.8 Å². The highest BCUT2D eigenvalue weighted by molar-refractivity contribution is 5.94. The topological polar surface area (TPSA) is 90.6 Å². The van der Waals surface area contributed by atoms with Gasteiger partial charge in [-0.15, -0.1) is 0 Å². The number of rotatable bonds is 4. The van der Waals surface area contributed by atoms with E-state index < -0.39 is 0 Å². The molecule has 0 spiro atoms. The number of morpholine rings is 1. The van der Waals surface area contributed by atoms with E-state index in [-0.39, 0.29) is 29.5 Å². The van der Waals surface area contributed by atoms with Crippen molar-refractivity contribution in [1.82, 2.24) is 9.97 Å². The van der Waals surface area contributed by atoms with Crippen molar-refractivity contribution >= 4 is 23.2 Å². The molecular weight excluding hydrogens is 406 g/mol. The van der Waals surface area contributed by atoms with Gasteiger partial charge in [0.1, 0.15) is 17.3 Å². The standard InChI is InChI=1S/C24H31N5O3/c1-14-5-4-6-19(25-14)26-21-15(2)22(17-7-8-17)29(16(3)30)23-18(21)13-20(27-24(23)31)28-9-11-32-12-10-28/h4-6,13,15,17,21-22H,7-12H2,1-3H3,(H,25,26)(H,27,31)/t15-,21?,22-/m1/s1. The Hall–Kier alpha value is -2.87. The second-order valence-electron chi connectivity index (χ2n) is 9.25. The van der Waals surface area contributed by atoms with Crippen LogP contribution in [0, 0.1) is 18.8 Å². The van der Waals surface area contributed by atoms with E-state index >= 15 is 0 Å². The Morgan fingerprint density at radius 1 is 1.25 bits per heavy atom. The number of aromatic nitrogens is 2. The molecule has 3 atom stereocenters. The maximum atomic E-state index is 13.4. The fraction of sp³-hybridized carbons (Fsp3) is 0.542. The molecule has 0 aromatic carbocycles. The van der Waals surface area contributed by atoms with Crippen LogP contribution in [0.5, 0.6) is 0 Å². The maximum absolute atomic E-state index is 13.4. The van der Waals surface area contributed by atoms with Gasteiger partial charge in [0.05, 0.1) is 19.3 Å². The number of anilines is 3. The average molecular weight is 438 g/mol. The quantitative estimate of drug-likeness (QED) is 0.765. The van der Waals surface area contributed by atoms with Crippen molar-refractivity contribution in [3.63, 3.8) is 0 Å². The molecule has 0 bridgehead atoms. The fourth-order valence-electron chi connectivity index (χ4n) is 5.32. The van der Waals surface area contributed by atoms with Gasteiger partial charge < -0.3 is 24.8 Å². The summed E-state index contributed by atoms with van der Waals surface area (Å²) < 4.78 is 5.48. The number of aromatic amines is 1. The minimum atomic E-state index is -0.208. The molecule has 2 N–H and O–H groups in total. The summed E-state index contributed by atoms with van der Waals surface area (Å²) >= 11 is 0. The predicted molar refractivity (Wildman–Crippen MR) is 124 cm³/mol. The summed E-state index contributed by atoms with van der Waals surface area (Å²) in [5, 5.41) is 3.61. The first-order valence-electron chi connectivity index (χ1n) is 11.5. The molecular formula is C24H31N5O3. The summed E-state index contributed by atoms with van der Waals surface area (Å²) in [6.45, 7) is 8.44. The predicted octanol–water partition coefficient (Wildman–Crippen LogP) is 2.85. The molecule has 8 heteroatoms. The van der Waals surface area contributed by atoms with Gasteiger partial charge in [-0.05, 0) is 43.9 Å². The zero-order valence-electron chi connectivity index (χ0n) is 18.9. The number of carbonyl (C=O) groups is 1. The lowest BCUT2D eigenvalue weighted by molar-refractivity contribution is -0.117. The third-order valence-corrected chi connectivity index (χ3v) is 6.95.